The fraction of sp³-hybridized carbons (Fsp3) is 0.863. The van der Waals surface area contributed by atoms with E-state index in [1.165, 1.54) is 6.92 Å². The van der Waals surface area contributed by atoms with Crippen LogP contribution in [0.25, 0.3) is 0 Å². The minimum absolute atomic E-state index is 0.443. The maximum Gasteiger partial charge on any atom is 0.221 e. The summed E-state index contributed by atoms with van der Waals surface area (Å²) < 4.78 is 78.4. The lowest BCUT2D eigenvalue weighted by molar-refractivity contribution is -0.366. The molecule has 91 heavy (non-hydrogen) atoms. The Labute approximate surface area is 514 Å². The zero-order valence-electron chi connectivity index (χ0n) is 48.2. The molecule has 6 saturated heterocycles. The molecule has 40 heteroatoms. The molecule has 0 bridgehead atoms. The summed E-state index contributed by atoms with van der Waals surface area (Å²) in [5.41, 5.74) is 0. The highest BCUT2D eigenvalue weighted by molar-refractivity contribution is 5.87. The van der Waals surface area contributed by atoms with Crippen molar-refractivity contribution in [2.45, 2.75) is 223 Å². The van der Waals surface area contributed by atoms with Crippen LogP contribution in [0.15, 0.2) is 35.5 Å². The van der Waals surface area contributed by atoms with Crippen LogP contribution in [0.4, 0.5) is 0 Å². The Morgan fingerprint density at radius 1 is 0.495 bits per heavy atom. The molecule has 6 heterocycles. The highest BCUT2D eigenvalue weighted by Gasteiger charge is 2.54. The first-order valence-electron chi connectivity index (χ1n) is 28.4. The second-order valence-electron chi connectivity index (χ2n) is 21.8. The van der Waals surface area contributed by atoms with Crippen molar-refractivity contribution >= 4 is 5.78 Å². The maximum atomic E-state index is 12.9. The van der Waals surface area contributed by atoms with Crippen LogP contribution < -0.4 is 0 Å². The number of hydrogen-bond acceptors (Lipinski definition) is 40. The topological polar surface area (TPSA) is 652 Å². The second kappa shape index (κ2) is 35.2. The smallest absolute Gasteiger partial charge is 0.221 e. The predicted molar refractivity (Wildman–Crippen MR) is 280 cm³/mol. The van der Waals surface area contributed by atoms with Gasteiger partial charge in [0.15, 0.2) is 44.0 Å². The Bertz CT molecular complexity index is 2280. The summed E-state index contributed by atoms with van der Waals surface area (Å²) in [5, 5.41) is 263. The van der Waals surface area contributed by atoms with Crippen LogP contribution in [-0.4, -0.2) is 389 Å². The van der Waals surface area contributed by atoms with E-state index in [9.17, 15) is 132 Å². The lowest BCUT2D eigenvalue weighted by Gasteiger charge is -2.45. The van der Waals surface area contributed by atoms with Crippen molar-refractivity contribution in [1.29, 1.82) is 0 Å². The van der Waals surface area contributed by atoms with Gasteiger partial charge < -0.3 is 194 Å². The average Bonchev–Trinajstić information content (AvgIpc) is 1.22. The first-order valence-corrected chi connectivity index (χ1v) is 28.4. The highest BCUT2D eigenvalue weighted by Crippen LogP contribution is 2.34. The monoisotopic (exact) mass is 1340 g/mol. The summed E-state index contributed by atoms with van der Waals surface area (Å²) in [6.45, 7) is -5.42. The van der Waals surface area contributed by atoms with Gasteiger partial charge in [-0.15, -0.1) is 0 Å². The SMILES string of the molecule is CC(O)/C=C(\O)C(O)OCC1OC(OC(CCOC2OCC(O)C(O)C2OC2OC(CO)C(O)C(O)C2=O)/C(O)=C/C(O)OC2C(COC3OCC(O)C(O)C3OC3OC(CO)C(O)C(O)C3O)OC(OC(CCO)/C(O)=C/C(O)O)C(O)C2O)C(O)C(O)C1O. The highest BCUT2D eigenvalue weighted by atomic mass is 16.8. The molecule has 6 fully saturated rings. The quantitative estimate of drug-likeness (QED) is 0.0235. The van der Waals surface area contributed by atoms with E-state index < -0.39 is 292 Å². The normalized spacial score (nSPS) is 42.5. The van der Waals surface area contributed by atoms with Crippen molar-refractivity contribution in [3.05, 3.63) is 35.5 Å². The molecule has 6 aliphatic heterocycles. The molecule has 25 N–H and O–H groups in total. The molecule has 6 rings (SSSR count). The van der Waals surface area contributed by atoms with E-state index in [-0.39, 0.29) is 0 Å². The molecule has 6 aliphatic rings. The summed E-state index contributed by atoms with van der Waals surface area (Å²) >= 11 is 0. The molecule has 32 atom stereocenters. The molecule has 0 aliphatic carbocycles. The van der Waals surface area contributed by atoms with Gasteiger partial charge in [0.1, 0.15) is 158 Å². The molecule has 40 nitrogen and oxygen atoms in total. The van der Waals surface area contributed by atoms with E-state index in [1.807, 2.05) is 0 Å². The fourth-order valence-corrected chi connectivity index (χ4v) is 9.95. The number of ether oxygens (including phenoxy) is 14. The number of Topliss-reactive ketones (excluding diaryl/α,β-unsaturated/α-hetero) is 1. The number of hydrogen-bond donors (Lipinski definition) is 25. The standard InChI is InChI=1S/C51H84O40/c1-15(55)6-18(58)45(77)79-13-25-33(68)36(71)38(73)46(87-25)84-22(3-5-78-50-43(29(64)19(59)11-80-50)90-48-39(74)34(69)31(66)23(9-53)85-48)17(57)8-28(63)89-42-26(88-47(41(76)37(42)72)83-21(2-4-52)16(56)7-27(61)62)14-82-51-44(30(65)20(60)12-81-51)91-49-40(75)35(70)32(67)24(10-54)86-49/h6-8,15,19-38,40-73,75-77H,2-5,9-14H2,1H3/b16-7-,17-8-,18-6-. The zero-order chi connectivity index (χ0) is 67.5. The van der Waals surface area contributed by atoms with Gasteiger partial charge in [0.2, 0.25) is 18.4 Å². The van der Waals surface area contributed by atoms with Crippen molar-refractivity contribution in [2.24, 2.45) is 0 Å². The summed E-state index contributed by atoms with van der Waals surface area (Å²) in [6, 6.07) is 0. The van der Waals surface area contributed by atoms with Crippen LogP contribution in [0, 0.1) is 0 Å². The largest absolute Gasteiger partial charge is 0.510 e. The summed E-state index contributed by atoms with van der Waals surface area (Å²) in [5.74, 6) is -4.27. The molecule has 528 valence electrons. The number of carbonyl (C=O) groups excluding carboxylic acids is 1. The third kappa shape index (κ3) is 19.8. The Morgan fingerprint density at radius 3 is 1.57 bits per heavy atom. The van der Waals surface area contributed by atoms with Crippen LogP contribution in [0.1, 0.15) is 19.8 Å². The van der Waals surface area contributed by atoms with Gasteiger partial charge in [-0.1, -0.05) is 0 Å². The van der Waals surface area contributed by atoms with Gasteiger partial charge in [0.05, 0.1) is 52.4 Å². The summed E-state index contributed by atoms with van der Waals surface area (Å²) in [4.78, 5) is 12.9. The van der Waals surface area contributed by atoms with Crippen molar-refractivity contribution in [2.75, 3.05) is 52.9 Å². The molecule has 32 unspecified atom stereocenters. The molecular weight excluding hydrogens is 1250 g/mol. The number of carbonyl (C=O) groups is 1. The minimum Gasteiger partial charge on any atom is -0.510 e. The van der Waals surface area contributed by atoms with E-state index in [4.69, 9.17) is 66.3 Å². The minimum atomic E-state index is -2.54. The van der Waals surface area contributed by atoms with Crippen LogP contribution in [0.2, 0.25) is 0 Å². The number of aliphatic hydroxyl groups excluding tert-OH is 24. The van der Waals surface area contributed by atoms with Crippen molar-refractivity contribution < 1.29 is 199 Å². The molecule has 0 aromatic heterocycles. The lowest BCUT2D eigenvalue weighted by atomic mass is 9.98. The number of ketones is 1. The maximum absolute atomic E-state index is 12.9. The lowest BCUT2D eigenvalue weighted by Crippen LogP contribution is -2.64. The average molecular weight is 1340 g/mol. The first-order chi connectivity index (χ1) is 42.9. The van der Waals surface area contributed by atoms with E-state index in [2.05, 4.69) is 0 Å². The van der Waals surface area contributed by atoms with Crippen molar-refractivity contribution in [3.63, 3.8) is 0 Å². The predicted octanol–water partition coefficient (Wildman–Crippen LogP) is -13.4. The Balaban J connectivity index is 1.29. The Hall–Kier alpha value is -3.15. The molecule has 0 aromatic rings. The third-order valence-corrected chi connectivity index (χ3v) is 15.0. The first kappa shape index (κ1) is 76.9. The zero-order valence-corrected chi connectivity index (χ0v) is 48.2. The molecule has 0 saturated carbocycles. The summed E-state index contributed by atoms with van der Waals surface area (Å²) in [7, 11) is 0. The van der Waals surface area contributed by atoms with E-state index in [0.29, 0.717) is 12.2 Å². The van der Waals surface area contributed by atoms with E-state index in [1.54, 1.807) is 0 Å². The Morgan fingerprint density at radius 2 is 1.00 bits per heavy atom. The fourth-order valence-electron chi connectivity index (χ4n) is 9.95. The van der Waals surface area contributed by atoms with Crippen LogP contribution in [0.5, 0.6) is 0 Å². The van der Waals surface area contributed by atoms with Gasteiger partial charge in [-0.2, -0.15) is 0 Å². The molecule has 0 aromatic carbocycles. The van der Waals surface area contributed by atoms with Gasteiger partial charge in [0.25, 0.3) is 0 Å². The van der Waals surface area contributed by atoms with Gasteiger partial charge in [-0.25, -0.2) is 0 Å². The van der Waals surface area contributed by atoms with E-state index in [0.717, 1.165) is 6.08 Å². The van der Waals surface area contributed by atoms with Gasteiger partial charge in [0, 0.05) is 31.6 Å². The van der Waals surface area contributed by atoms with Crippen molar-refractivity contribution in [1.82, 2.24) is 0 Å². The number of aliphatic hydroxyl groups is 25. The van der Waals surface area contributed by atoms with Crippen LogP contribution in [0.3, 0.4) is 0 Å². The second-order valence-corrected chi connectivity index (χ2v) is 21.8. The molecule has 0 spiro atoms. The third-order valence-electron chi connectivity index (χ3n) is 15.0. The van der Waals surface area contributed by atoms with Crippen molar-refractivity contribution in [3.8, 4) is 0 Å². The van der Waals surface area contributed by atoms with Crippen LogP contribution in [-0.2, 0) is 71.1 Å². The Kier molecular flexibility index (Phi) is 29.7. The molecule has 0 radical (unpaired) electrons. The molecule has 0 amide bonds. The molecular formula is C51H84O40. The van der Waals surface area contributed by atoms with Crippen LogP contribution >= 0.6 is 0 Å². The van der Waals surface area contributed by atoms with E-state index >= 15 is 0 Å². The summed E-state index contributed by atoms with van der Waals surface area (Å²) in [6.07, 6.45) is -65.0. The van der Waals surface area contributed by atoms with Gasteiger partial charge in [-0.05, 0) is 13.0 Å². The van der Waals surface area contributed by atoms with Gasteiger partial charge >= 0.3 is 0 Å². The van der Waals surface area contributed by atoms with Gasteiger partial charge in [-0.3, -0.25) is 4.79 Å². The number of rotatable bonds is 30.